The van der Waals surface area contributed by atoms with E-state index in [0.717, 1.165) is 16.7 Å². The average molecular weight is 583 g/mol. The highest BCUT2D eigenvalue weighted by atomic mass is 35.5. The molecule has 1 fully saturated rings. The second-order valence-corrected chi connectivity index (χ2v) is 10.4. The number of benzene rings is 4. The van der Waals surface area contributed by atoms with E-state index >= 15 is 0 Å². The van der Waals surface area contributed by atoms with Crippen LogP contribution in [0.3, 0.4) is 0 Å². The molecule has 4 aromatic carbocycles. The number of ether oxygens (including phenoxy) is 2. The minimum atomic E-state index is -0.538. The zero-order valence-electron chi connectivity index (χ0n) is 22.8. The molecule has 0 aromatic heterocycles. The molecule has 206 valence electrons. The van der Waals surface area contributed by atoms with Gasteiger partial charge in [0.15, 0.2) is 16.6 Å². The number of carbonyl (C=O) groups is 2. The highest BCUT2D eigenvalue weighted by Crippen LogP contribution is 2.38. The molecular formula is C33H27ClN2O4S. The van der Waals surface area contributed by atoms with Gasteiger partial charge in [-0.2, -0.15) is 0 Å². The highest BCUT2D eigenvalue weighted by Gasteiger charge is 2.41. The number of hydrogen-bond acceptors (Lipinski definition) is 5. The summed E-state index contributed by atoms with van der Waals surface area (Å²) in [4.78, 5) is 30.3. The summed E-state index contributed by atoms with van der Waals surface area (Å²) in [6.07, 6.45) is 1.50. The molecule has 0 aliphatic carbocycles. The Morgan fingerprint density at radius 2 is 1.34 bits per heavy atom. The monoisotopic (exact) mass is 582 g/mol. The number of aryl methyl sites for hydroxylation is 2. The SMILES string of the molecule is COc1cc(C=C2C(=O)N(c3ccccc3)C(=S)N(c3ccccc3)C2=O)cc(Cl)c1OCc1cc(C)cc(C)c1. The van der Waals surface area contributed by atoms with E-state index in [1.54, 1.807) is 60.7 Å². The van der Waals surface area contributed by atoms with Gasteiger partial charge in [0.2, 0.25) is 0 Å². The summed E-state index contributed by atoms with van der Waals surface area (Å²) in [7, 11) is 1.51. The van der Waals surface area contributed by atoms with Gasteiger partial charge >= 0.3 is 0 Å². The molecule has 0 spiro atoms. The number of amides is 2. The van der Waals surface area contributed by atoms with Gasteiger partial charge in [-0.05, 0) is 79.7 Å². The number of anilines is 2. The maximum absolute atomic E-state index is 13.8. The van der Waals surface area contributed by atoms with E-state index in [1.165, 1.54) is 23.0 Å². The summed E-state index contributed by atoms with van der Waals surface area (Å²) in [6.45, 7) is 4.36. The normalized spacial score (nSPS) is 13.5. The molecule has 41 heavy (non-hydrogen) atoms. The van der Waals surface area contributed by atoms with Crippen molar-refractivity contribution in [3.05, 3.63) is 124 Å². The minimum absolute atomic E-state index is 0.0697. The number of hydrogen-bond donors (Lipinski definition) is 0. The van der Waals surface area contributed by atoms with Crippen LogP contribution in [0.15, 0.2) is 96.6 Å². The molecule has 0 bridgehead atoms. The van der Waals surface area contributed by atoms with Crippen LogP contribution in [0.25, 0.3) is 6.08 Å². The van der Waals surface area contributed by atoms with Crippen molar-refractivity contribution in [2.75, 3.05) is 16.9 Å². The van der Waals surface area contributed by atoms with Crippen molar-refractivity contribution < 1.29 is 19.1 Å². The molecule has 1 aliphatic rings. The molecule has 1 heterocycles. The van der Waals surface area contributed by atoms with E-state index < -0.39 is 11.8 Å². The lowest BCUT2D eigenvalue weighted by molar-refractivity contribution is -0.120. The van der Waals surface area contributed by atoms with Gasteiger partial charge in [-0.3, -0.25) is 19.4 Å². The van der Waals surface area contributed by atoms with Gasteiger partial charge in [-0.1, -0.05) is 77.3 Å². The van der Waals surface area contributed by atoms with Crippen LogP contribution in [0.4, 0.5) is 11.4 Å². The van der Waals surface area contributed by atoms with Crippen molar-refractivity contribution in [2.45, 2.75) is 20.5 Å². The third-order valence-corrected chi connectivity index (χ3v) is 7.15. The lowest BCUT2D eigenvalue weighted by Crippen LogP contribution is -2.56. The van der Waals surface area contributed by atoms with Crippen LogP contribution in [-0.2, 0) is 16.2 Å². The Hall–Kier alpha value is -4.46. The molecule has 0 radical (unpaired) electrons. The summed E-state index contributed by atoms with van der Waals surface area (Å²) in [5, 5.41) is 0.354. The predicted octanol–water partition coefficient (Wildman–Crippen LogP) is 7.29. The second kappa shape index (κ2) is 12.0. The third-order valence-electron chi connectivity index (χ3n) is 6.51. The van der Waals surface area contributed by atoms with Gasteiger partial charge in [-0.15, -0.1) is 0 Å². The van der Waals surface area contributed by atoms with E-state index in [1.807, 2.05) is 38.1 Å². The maximum atomic E-state index is 13.8. The molecule has 1 saturated heterocycles. The van der Waals surface area contributed by atoms with E-state index in [-0.39, 0.29) is 15.7 Å². The lowest BCUT2D eigenvalue weighted by Gasteiger charge is -2.36. The zero-order valence-corrected chi connectivity index (χ0v) is 24.3. The number of halogens is 1. The fourth-order valence-corrected chi connectivity index (χ4v) is 5.43. The van der Waals surface area contributed by atoms with Crippen LogP contribution in [0.1, 0.15) is 22.3 Å². The Balaban J connectivity index is 1.53. The van der Waals surface area contributed by atoms with Crippen LogP contribution in [-0.4, -0.2) is 24.0 Å². The molecule has 4 aromatic rings. The molecule has 5 rings (SSSR count). The summed E-state index contributed by atoms with van der Waals surface area (Å²) in [5.41, 5.74) is 4.80. The minimum Gasteiger partial charge on any atom is -0.493 e. The number of para-hydroxylation sites is 2. The van der Waals surface area contributed by atoms with Crippen molar-refractivity contribution in [2.24, 2.45) is 0 Å². The molecule has 8 heteroatoms. The molecule has 0 atom stereocenters. The van der Waals surface area contributed by atoms with Crippen molar-refractivity contribution in [1.82, 2.24) is 0 Å². The quantitative estimate of drug-likeness (QED) is 0.130. The summed E-state index contributed by atoms with van der Waals surface area (Å²) in [6, 6.07) is 27.5. The third kappa shape index (κ3) is 5.87. The van der Waals surface area contributed by atoms with Crippen LogP contribution in [0, 0.1) is 13.8 Å². The second-order valence-electron chi connectivity index (χ2n) is 9.61. The molecule has 0 N–H and O–H groups in total. The molecular weight excluding hydrogens is 556 g/mol. The Kier molecular flexibility index (Phi) is 8.19. The standard InChI is InChI=1S/C33H27ClN2O4S/c1-21-14-22(2)16-24(15-21)20-40-30-28(34)18-23(19-29(30)39-3)17-27-31(37)35(25-10-6-4-7-11-25)33(41)36(32(27)38)26-12-8-5-9-13-26/h4-19H,20H2,1-3H3. The molecule has 0 saturated carbocycles. The first-order valence-electron chi connectivity index (χ1n) is 12.9. The lowest BCUT2D eigenvalue weighted by atomic mass is 10.0. The van der Waals surface area contributed by atoms with Gasteiger partial charge in [0, 0.05) is 0 Å². The Morgan fingerprint density at radius 3 is 1.85 bits per heavy atom. The Bertz CT molecular complexity index is 1590. The Labute approximate surface area is 249 Å². The van der Waals surface area contributed by atoms with E-state index in [0.29, 0.717) is 35.0 Å². The van der Waals surface area contributed by atoms with Crippen molar-refractivity contribution in [1.29, 1.82) is 0 Å². The summed E-state index contributed by atoms with van der Waals surface area (Å²) in [5.74, 6) is -0.332. The first-order valence-corrected chi connectivity index (χ1v) is 13.7. The van der Waals surface area contributed by atoms with Crippen molar-refractivity contribution in [3.63, 3.8) is 0 Å². The van der Waals surface area contributed by atoms with Crippen molar-refractivity contribution >= 4 is 58.2 Å². The number of thiocarbonyl (C=S) groups is 1. The zero-order chi connectivity index (χ0) is 29.1. The fourth-order valence-electron chi connectivity index (χ4n) is 4.78. The van der Waals surface area contributed by atoms with Gasteiger partial charge in [-0.25, -0.2) is 0 Å². The smallest absolute Gasteiger partial charge is 0.270 e. The van der Waals surface area contributed by atoms with E-state index in [9.17, 15) is 9.59 Å². The number of carbonyl (C=O) groups excluding carboxylic acids is 2. The first kappa shape index (κ1) is 28.1. The topological polar surface area (TPSA) is 59.1 Å². The predicted molar refractivity (Wildman–Crippen MR) is 167 cm³/mol. The summed E-state index contributed by atoms with van der Waals surface area (Å²) >= 11 is 12.3. The molecule has 2 amide bonds. The first-order chi connectivity index (χ1) is 19.8. The van der Waals surface area contributed by atoms with E-state index in [4.69, 9.17) is 33.3 Å². The van der Waals surface area contributed by atoms with Gasteiger partial charge in [0.05, 0.1) is 23.5 Å². The van der Waals surface area contributed by atoms with Crippen LogP contribution < -0.4 is 19.3 Å². The highest BCUT2D eigenvalue weighted by molar-refractivity contribution is 7.81. The summed E-state index contributed by atoms with van der Waals surface area (Å²) < 4.78 is 11.7. The van der Waals surface area contributed by atoms with Gasteiger partial charge in [0.25, 0.3) is 11.8 Å². The van der Waals surface area contributed by atoms with Crippen LogP contribution in [0.2, 0.25) is 5.02 Å². The van der Waals surface area contributed by atoms with Crippen LogP contribution in [0.5, 0.6) is 11.5 Å². The number of methoxy groups -OCH3 is 1. The van der Waals surface area contributed by atoms with Gasteiger partial charge < -0.3 is 9.47 Å². The van der Waals surface area contributed by atoms with E-state index in [2.05, 4.69) is 6.07 Å². The van der Waals surface area contributed by atoms with Crippen LogP contribution >= 0.6 is 23.8 Å². The molecule has 1 aliphatic heterocycles. The average Bonchev–Trinajstić information content (AvgIpc) is 2.95. The number of nitrogens with zero attached hydrogens (tertiary/aromatic N) is 2. The van der Waals surface area contributed by atoms with Gasteiger partial charge in [0.1, 0.15) is 12.2 Å². The molecule has 6 nitrogen and oxygen atoms in total. The molecule has 0 unspecified atom stereocenters. The Morgan fingerprint density at radius 1 is 0.805 bits per heavy atom. The maximum Gasteiger partial charge on any atom is 0.270 e. The largest absolute Gasteiger partial charge is 0.493 e. The van der Waals surface area contributed by atoms with Crippen molar-refractivity contribution in [3.8, 4) is 11.5 Å². The fraction of sp³-hybridized carbons (Fsp3) is 0.121. The number of rotatable bonds is 7.